The number of nitriles is 1. The van der Waals surface area contributed by atoms with E-state index in [4.69, 9.17) is 15.7 Å². The standard InChI is InChI=1S/C11H10N2O2/c12-6-9-8(11(13)14)2-1-3-10(9)15-7-4-5-7/h1-3,7H,4-5H2,(H2,13,14). The van der Waals surface area contributed by atoms with Crippen molar-refractivity contribution in [2.45, 2.75) is 18.9 Å². The van der Waals surface area contributed by atoms with Crippen LogP contribution in [0.15, 0.2) is 18.2 Å². The first-order chi connectivity index (χ1) is 7.22. The second-order valence-electron chi connectivity index (χ2n) is 3.47. The molecule has 1 aliphatic rings. The Morgan fingerprint density at radius 3 is 2.80 bits per heavy atom. The maximum absolute atomic E-state index is 11.0. The number of rotatable bonds is 3. The number of nitrogens with two attached hydrogens (primary N) is 1. The Hall–Kier alpha value is -2.02. The van der Waals surface area contributed by atoms with E-state index in [1.807, 2.05) is 6.07 Å². The van der Waals surface area contributed by atoms with E-state index < -0.39 is 5.91 Å². The van der Waals surface area contributed by atoms with Gasteiger partial charge in [0, 0.05) is 0 Å². The zero-order chi connectivity index (χ0) is 10.8. The molecule has 1 aromatic rings. The predicted molar refractivity (Wildman–Crippen MR) is 53.3 cm³/mol. The smallest absolute Gasteiger partial charge is 0.250 e. The molecule has 1 amide bonds. The Balaban J connectivity index is 2.40. The van der Waals surface area contributed by atoms with Crippen molar-refractivity contribution >= 4 is 5.91 Å². The van der Waals surface area contributed by atoms with Crippen molar-refractivity contribution in [3.63, 3.8) is 0 Å². The van der Waals surface area contributed by atoms with Crippen LogP contribution in [-0.4, -0.2) is 12.0 Å². The molecule has 2 N–H and O–H groups in total. The third-order valence-electron chi connectivity index (χ3n) is 2.22. The van der Waals surface area contributed by atoms with E-state index >= 15 is 0 Å². The van der Waals surface area contributed by atoms with Crippen molar-refractivity contribution in [3.8, 4) is 11.8 Å². The van der Waals surface area contributed by atoms with Gasteiger partial charge < -0.3 is 10.5 Å². The molecule has 0 atom stereocenters. The van der Waals surface area contributed by atoms with Crippen molar-refractivity contribution in [3.05, 3.63) is 29.3 Å². The Morgan fingerprint density at radius 2 is 2.27 bits per heavy atom. The minimum Gasteiger partial charge on any atom is -0.489 e. The van der Waals surface area contributed by atoms with Crippen molar-refractivity contribution in [2.24, 2.45) is 5.73 Å². The molecule has 0 unspecified atom stereocenters. The highest BCUT2D eigenvalue weighted by Crippen LogP contribution is 2.30. The van der Waals surface area contributed by atoms with E-state index in [-0.39, 0.29) is 17.2 Å². The first kappa shape index (κ1) is 9.53. The topological polar surface area (TPSA) is 76.1 Å². The first-order valence-electron chi connectivity index (χ1n) is 4.72. The maximum Gasteiger partial charge on any atom is 0.250 e. The molecule has 4 nitrogen and oxygen atoms in total. The summed E-state index contributed by atoms with van der Waals surface area (Å²) in [4.78, 5) is 11.0. The summed E-state index contributed by atoms with van der Waals surface area (Å²) in [7, 11) is 0. The molecule has 4 heteroatoms. The highest BCUT2D eigenvalue weighted by atomic mass is 16.5. The molecule has 1 saturated carbocycles. The van der Waals surface area contributed by atoms with Gasteiger partial charge in [-0.2, -0.15) is 5.26 Å². The van der Waals surface area contributed by atoms with Crippen molar-refractivity contribution in [1.82, 2.24) is 0 Å². The third-order valence-corrected chi connectivity index (χ3v) is 2.22. The summed E-state index contributed by atoms with van der Waals surface area (Å²) in [5.74, 6) is -0.149. The molecule has 1 fully saturated rings. The van der Waals surface area contributed by atoms with Gasteiger partial charge in [-0.15, -0.1) is 0 Å². The summed E-state index contributed by atoms with van der Waals surface area (Å²) < 4.78 is 5.51. The van der Waals surface area contributed by atoms with Gasteiger partial charge in [-0.25, -0.2) is 0 Å². The fourth-order valence-corrected chi connectivity index (χ4v) is 1.32. The van der Waals surface area contributed by atoms with Gasteiger partial charge in [-0.3, -0.25) is 4.79 Å². The SMILES string of the molecule is N#Cc1c(OC2CC2)cccc1C(N)=O. The molecule has 0 heterocycles. The highest BCUT2D eigenvalue weighted by molar-refractivity contribution is 5.96. The minimum absolute atomic E-state index is 0.195. The predicted octanol–water partition coefficient (Wildman–Crippen LogP) is 1.20. The highest BCUT2D eigenvalue weighted by Gasteiger charge is 2.25. The molecule has 0 radical (unpaired) electrons. The van der Waals surface area contributed by atoms with Crippen LogP contribution in [0.3, 0.4) is 0 Å². The first-order valence-corrected chi connectivity index (χ1v) is 4.72. The van der Waals surface area contributed by atoms with Crippen molar-refractivity contribution in [1.29, 1.82) is 5.26 Å². The van der Waals surface area contributed by atoms with Gasteiger partial charge in [-0.05, 0) is 25.0 Å². The van der Waals surface area contributed by atoms with Gasteiger partial charge in [-0.1, -0.05) is 6.07 Å². The monoisotopic (exact) mass is 202 g/mol. The van der Waals surface area contributed by atoms with E-state index in [1.165, 1.54) is 6.07 Å². The largest absolute Gasteiger partial charge is 0.489 e. The average molecular weight is 202 g/mol. The molecule has 0 aliphatic heterocycles. The summed E-state index contributed by atoms with van der Waals surface area (Å²) in [5.41, 5.74) is 5.61. The molecule has 0 saturated heterocycles. The lowest BCUT2D eigenvalue weighted by molar-refractivity contribution is 0.0999. The molecule has 2 rings (SSSR count). The fraction of sp³-hybridized carbons (Fsp3) is 0.273. The van der Waals surface area contributed by atoms with Crippen LogP contribution >= 0.6 is 0 Å². The number of hydrogen-bond donors (Lipinski definition) is 1. The Bertz CT molecular complexity index is 444. The number of nitrogens with zero attached hydrogens (tertiary/aromatic N) is 1. The maximum atomic E-state index is 11.0. The number of ether oxygens (including phenoxy) is 1. The molecular formula is C11H10N2O2. The molecule has 0 spiro atoms. The van der Waals surface area contributed by atoms with E-state index in [0.29, 0.717) is 5.75 Å². The minimum atomic E-state index is -0.604. The summed E-state index contributed by atoms with van der Waals surface area (Å²) in [6.07, 6.45) is 2.21. The van der Waals surface area contributed by atoms with E-state index in [9.17, 15) is 4.79 Å². The van der Waals surface area contributed by atoms with Gasteiger partial charge in [0.1, 0.15) is 17.4 Å². The number of carbonyl (C=O) groups excluding carboxylic acids is 1. The second-order valence-corrected chi connectivity index (χ2v) is 3.47. The van der Waals surface area contributed by atoms with Crippen molar-refractivity contribution < 1.29 is 9.53 Å². The molecule has 0 aromatic heterocycles. The van der Waals surface area contributed by atoms with Crippen molar-refractivity contribution in [2.75, 3.05) is 0 Å². The van der Waals surface area contributed by atoms with Gasteiger partial charge in [0.2, 0.25) is 5.91 Å². The normalized spacial score (nSPS) is 14.3. The van der Waals surface area contributed by atoms with Crippen LogP contribution in [0.25, 0.3) is 0 Å². The van der Waals surface area contributed by atoms with Crippen LogP contribution in [0.4, 0.5) is 0 Å². The molecule has 15 heavy (non-hydrogen) atoms. The van der Waals surface area contributed by atoms with Gasteiger partial charge >= 0.3 is 0 Å². The van der Waals surface area contributed by atoms with Crippen LogP contribution in [0.1, 0.15) is 28.8 Å². The quantitative estimate of drug-likeness (QED) is 0.800. The number of hydrogen-bond acceptors (Lipinski definition) is 3. The Morgan fingerprint density at radius 1 is 1.53 bits per heavy atom. The number of amides is 1. The third kappa shape index (κ3) is 1.91. The zero-order valence-corrected chi connectivity index (χ0v) is 8.06. The lowest BCUT2D eigenvalue weighted by Crippen LogP contribution is -2.13. The molecular weight excluding hydrogens is 192 g/mol. The number of primary amides is 1. The second kappa shape index (κ2) is 3.62. The van der Waals surface area contributed by atoms with Gasteiger partial charge in [0.25, 0.3) is 0 Å². The lowest BCUT2D eigenvalue weighted by Gasteiger charge is -2.08. The Kier molecular flexibility index (Phi) is 2.30. The van der Waals surface area contributed by atoms with Gasteiger partial charge in [0.05, 0.1) is 11.7 Å². The molecule has 1 aromatic carbocycles. The molecule has 1 aliphatic carbocycles. The van der Waals surface area contributed by atoms with Gasteiger partial charge in [0.15, 0.2) is 0 Å². The summed E-state index contributed by atoms with van der Waals surface area (Å²) in [5, 5.41) is 8.94. The summed E-state index contributed by atoms with van der Waals surface area (Å²) in [6, 6.07) is 6.83. The summed E-state index contributed by atoms with van der Waals surface area (Å²) in [6.45, 7) is 0. The summed E-state index contributed by atoms with van der Waals surface area (Å²) >= 11 is 0. The number of carbonyl (C=O) groups is 1. The van der Waals surface area contributed by atoms with Crippen LogP contribution in [-0.2, 0) is 0 Å². The molecule has 76 valence electrons. The zero-order valence-electron chi connectivity index (χ0n) is 8.06. The number of benzene rings is 1. The average Bonchev–Trinajstić information content (AvgIpc) is 3.01. The Labute approximate surface area is 87.3 Å². The fourth-order valence-electron chi connectivity index (χ4n) is 1.32. The van der Waals surface area contributed by atoms with Crippen LogP contribution in [0, 0.1) is 11.3 Å². The van der Waals surface area contributed by atoms with E-state index in [1.54, 1.807) is 12.1 Å². The van der Waals surface area contributed by atoms with Crippen LogP contribution < -0.4 is 10.5 Å². The van der Waals surface area contributed by atoms with Crippen LogP contribution in [0.2, 0.25) is 0 Å². The van der Waals surface area contributed by atoms with E-state index in [2.05, 4.69) is 0 Å². The van der Waals surface area contributed by atoms with E-state index in [0.717, 1.165) is 12.8 Å². The lowest BCUT2D eigenvalue weighted by atomic mass is 10.1. The van der Waals surface area contributed by atoms with Crippen LogP contribution in [0.5, 0.6) is 5.75 Å². The molecule has 0 bridgehead atoms.